The van der Waals surface area contributed by atoms with Gasteiger partial charge in [-0.25, -0.2) is 5.06 Å². The van der Waals surface area contributed by atoms with Crippen LogP contribution in [0.5, 0.6) is 0 Å². The highest BCUT2D eigenvalue weighted by molar-refractivity contribution is 5.46. The van der Waals surface area contributed by atoms with E-state index in [4.69, 9.17) is 5.21 Å². The van der Waals surface area contributed by atoms with Gasteiger partial charge in [0.05, 0.1) is 6.04 Å². The molecule has 0 spiro atoms. The summed E-state index contributed by atoms with van der Waals surface area (Å²) in [6.45, 7) is 3.37. The van der Waals surface area contributed by atoms with E-state index in [0.29, 0.717) is 5.06 Å². The van der Waals surface area contributed by atoms with Crippen molar-refractivity contribution in [2.45, 2.75) is 19.9 Å². The van der Waals surface area contributed by atoms with E-state index in [9.17, 15) is 4.79 Å². The fourth-order valence-corrected chi connectivity index (χ4v) is 0.105. The molecule has 0 aliphatic carbocycles. The normalized spacial score (nSPS) is 9.14. The van der Waals surface area contributed by atoms with Crippen LogP contribution in [0.25, 0.3) is 0 Å². The molecule has 0 aromatic rings. The van der Waals surface area contributed by atoms with Crippen molar-refractivity contribution in [3.63, 3.8) is 0 Å². The molecule has 1 radical (unpaired) electrons. The van der Waals surface area contributed by atoms with Gasteiger partial charge in [-0.3, -0.25) is 10.0 Å². The summed E-state index contributed by atoms with van der Waals surface area (Å²) in [6, 6.07) is -0.169. The molecule has 0 aliphatic heterocycles. The Morgan fingerprint density at radius 3 is 2.14 bits per heavy atom. The third-order valence-electron chi connectivity index (χ3n) is 0.583. The van der Waals surface area contributed by atoms with Crippen LogP contribution in [0, 0.1) is 0 Å². The third kappa shape index (κ3) is 2.17. The zero-order valence-electron chi connectivity index (χ0n) is 4.38. The number of nitrogens with zero attached hydrogens (tertiary/aromatic N) is 1. The average Bonchev–Trinajstić information content (AvgIpc) is 1.65. The van der Waals surface area contributed by atoms with Crippen molar-refractivity contribution in [2.75, 3.05) is 0 Å². The molecule has 0 rings (SSSR count). The lowest BCUT2D eigenvalue weighted by Crippen LogP contribution is -2.24. The SMILES string of the molecule is CC(C)N(O)[C]=O. The van der Waals surface area contributed by atoms with Crippen LogP contribution < -0.4 is 0 Å². The third-order valence-corrected chi connectivity index (χ3v) is 0.583. The number of hydroxylamine groups is 2. The highest BCUT2D eigenvalue weighted by Crippen LogP contribution is 1.84. The number of hydrogen-bond donors (Lipinski definition) is 1. The Bertz CT molecular complexity index is 62.7. The summed E-state index contributed by atoms with van der Waals surface area (Å²) < 4.78 is 0. The van der Waals surface area contributed by atoms with Crippen molar-refractivity contribution >= 4 is 6.41 Å². The molecule has 0 bridgehead atoms. The molecular weight excluding hydrogens is 94.0 g/mol. The van der Waals surface area contributed by atoms with Crippen LogP contribution in [0.2, 0.25) is 0 Å². The Kier molecular flexibility index (Phi) is 2.37. The van der Waals surface area contributed by atoms with Gasteiger partial charge in [-0.05, 0) is 13.8 Å². The van der Waals surface area contributed by atoms with Crippen LogP contribution in [-0.4, -0.2) is 22.7 Å². The molecule has 0 atom stereocenters. The first kappa shape index (κ1) is 6.43. The van der Waals surface area contributed by atoms with Gasteiger partial charge in [0.1, 0.15) is 0 Å². The fourth-order valence-electron chi connectivity index (χ4n) is 0.105. The van der Waals surface area contributed by atoms with E-state index in [0.717, 1.165) is 0 Å². The molecule has 0 heterocycles. The first-order valence-corrected chi connectivity index (χ1v) is 2.04. The number of carbonyl (C=O) groups excluding carboxylic acids is 1. The second-order valence-electron chi connectivity index (χ2n) is 1.53. The lowest BCUT2D eigenvalue weighted by atomic mass is 10.4. The second kappa shape index (κ2) is 2.58. The molecule has 1 amide bonds. The van der Waals surface area contributed by atoms with E-state index in [2.05, 4.69) is 0 Å². The van der Waals surface area contributed by atoms with Crippen LogP contribution in [0.15, 0.2) is 0 Å². The van der Waals surface area contributed by atoms with Gasteiger partial charge < -0.3 is 0 Å². The van der Waals surface area contributed by atoms with Gasteiger partial charge in [-0.2, -0.15) is 0 Å². The molecule has 0 aliphatic rings. The maximum atomic E-state index is 9.50. The zero-order valence-corrected chi connectivity index (χ0v) is 4.38. The minimum absolute atomic E-state index is 0.169. The lowest BCUT2D eigenvalue weighted by Gasteiger charge is -2.09. The van der Waals surface area contributed by atoms with Crippen molar-refractivity contribution in [3.05, 3.63) is 0 Å². The first-order chi connectivity index (χ1) is 3.18. The minimum Gasteiger partial charge on any atom is -0.285 e. The molecule has 0 aromatic carbocycles. The summed E-state index contributed by atoms with van der Waals surface area (Å²) in [4.78, 5) is 9.50. The lowest BCUT2D eigenvalue weighted by molar-refractivity contribution is -0.0438. The Labute approximate surface area is 42.5 Å². The molecule has 7 heavy (non-hydrogen) atoms. The summed E-state index contributed by atoms with van der Waals surface area (Å²) >= 11 is 0. The molecule has 0 saturated carbocycles. The number of amides is 1. The average molecular weight is 102 g/mol. The Morgan fingerprint density at radius 1 is 1.71 bits per heavy atom. The molecule has 0 aromatic heterocycles. The summed E-state index contributed by atoms with van der Waals surface area (Å²) in [6.07, 6.45) is 1.30. The summed E-state index contributed by atoms with van der Waals surface area (Å²) in [7, 11) is 0. The molecule has 0 saturated heterocycles. The molecule has 3 nitrogen and oxygen atoms in total. The van der Waals surface area contributed by atoms with E-state index < -0.39 is 0 Å². The highest BCUT2D eigenvalue weighted by Gasteiger charge is 1.99. The van der Waals surface area contributed by atoms with Crippen LogP contribution in [0.1, 0.15) is 13.8 Å². The molecule has 0 unspecified atom stereocenters. The van der Waals surface area contributed by atoms with Crippen molar-refractivity contribution < 1.29 is 10.0 Å². The van der Waals surface area contributed by atoms with E-state index in [-0.39, 0.29) is 6.04 Å². The Morgan fingerprint density at radius 2 is 2.14 bits per heavy atom. The Hall–Kier alpha value is -0.570. The van der Waals surface area contributed by atoms with E-state index >= 15 is 0 Å². The van der Waals surface area contributed by atoms with E-state index in [1.165, 1.54) is 6.41 Å². The van der Waals surface area contributed by atoms with E-state index in [1.807, 2.05) is 0 Å². The maximum absolute atomic E-state index is 9.50. The molecule has 0 fully saturated rings. The topological polar surface area (TPSA) is 40.5 Å². The first-order valence-electron chi connectivity index (χ1n) is 2.04. The van der Waals surface area contributed by atoms with Crippen LogP contribution in [-0.2, 0) is 4.79 Å². The van der Waals surface area contributed by atoms with Crippen LogP contribution in [0.4, 0.5) is 0 Å². The standard InChI is InChI=1S/C4H8NO2/c1-4(2)5(7)3-6/h4,7H,1-2H3. The molecular formula is C4H8NO2. The van der Waals surface area contributed by atoms with Crippen molar-refractivity contribution in [1.29, 1.82) is 0 Å². The zero-order chi connectivity index (χ0) is 5.86. The largest absolute Gasteiger partial charge is 0.337 e. The van der Waals surface area contributed by atoms with Crippen LogP contribution in [0.3, 0.4) is 0 Å². The monoisotopic (exact) mass is 102 g/mol. The van der Waals surface area contributed by atoms with Gasteiger partial charge in [-0.15, -0.1) is 0 Å². The highest BCUT2D eigenvalue weighted by atomic mass is 16.5. The maximum Gasteiger partial charge on any atom is 0.337 e. The van der Waals surface area contributed by atoms with Crippen LogP contribution >= 0.6 is 0 Å². The Balaban J connectivity index is 3.33. The summed E-state index contributed by atoms with van der Waals surface area (Å²) in [5.74, 6) is 0. The van der Waals surface area contributed by atoms with Gasteiger partial charge in [-0.1, -0.05) is 0 Å². The molecule has 3 heteroatoms. The van der Waals surface area contributed by atoms with E-state index in [1.54, 1.807) is 13.8 Å². The van der Waals surface area contributed by atoms with Gasteiger partial charge in [0, 0.05) is 0 Å². The van der Waals surface area contributed by atoms with Gasteiger partial charge in [0.15, 0.2) is 0 Å². The number of hydrogen-bond acceptors (Lipinski definition) is 2. The quantitative estimate of drug-likeness (QED) is 0.306. The summed E-state index contributed by atoms with van der Waals surface area (Å²) in [5.41, 5.74) is 0. The van der Waals surface area contributed by atoms with Gasteiger partial charge >= 0.3 is 6.41 Å². The number of rotatable bonds is 2. The van der Waals surface area contributed by atoms with Crippen molar-refractivity contribution in [3.8, 4) is 0 Å². The predicted octanol–water partition coefficient (Wildman–Crippen LogP) is 0.153. The molecule has 1 N–H and O–H groups in total. The fraction of sp³-hybridized carbons (Fsp3) is 0.750. The van der Waals surface area contributed by atoms with Gasteiger partial charge in [0.2, 0.25) is 0 Å². The molecule has 41 valence electrons. The predicted molar refractivity (Wildman–Crippen MR) is 24.5 cm³/mol. The smallest absolute Gasteiger partial charge is 0.285 e. The summed E-state index contributed by atoms with van der Waals surface area (Å²) in [5, 5.41) is 8.83. The van der Waals surface area contributed by atoms with Crippen molar-refractivity contribution in [2.24, 2.45) is 0 Å². The minimum atomic E-state index is -0.169. The second-order valence-corrected chi connectivity index (χ2v) is 1.53. The van der Waals surface area contributed by atoms with Gasteiger partial charge in [0.25, 0.3) is 0 Å². The van der Waals surface area contributed by atoms with Crippen molar-refractivity contribution in [1.82, 2.24) is 5.06 Å².